The van der Waals surface area contributed by atoms with Gasteiger partial charge in [0.15, 0.2) is 0 Å². The quantitative estimate of drug-likeness (QED) is 0.636. The fourth-order valence-corrected chi connectivity index (χ4v) is 1.90. The zero-order chi connectivity index (χ0) is 14.6. The third kappa shape index (κ3) is 4.57. The van der Waals surface area contributed by atoms with E-state index in [1.807, 2.05) is 11.8 Å². The highest BCUT2D eigenvalue weighted by Crippen LogP contribution is 2.21. The summed E-state index contributed by atoms with van der Waals surface area (Å²) in [5.74, 6) is -0.804. The molecule has 0 bridgehead atoms. The van der Waals surface area contributed by atoms with Crippen LogP contribution in [0.15, 0.2) is 18.2 Å². The highest BCUT2D eigenvalue weighted by molar-refractivity contribution is 5.36. The summed E-state index contributed by atoms with van der Waals surface area (Å²) in [4.78, 5) is 11.8. The lowest BCUT2D eigenvalue weighted by Gasteiger charge is -2.28. The second kappa shape index (κ2) is 6.08. The van der Waals surface area contributed by atoms with Gasteiger partial charge in [-0.1, -0.05) is 19.1 Å². The van der Waals surface area contributed by atoms with Crippen molar-refractivity contribution < 1.29 is 14.4 Å². The zero-order valence-corrected chi connectivity index (χ0v) is 11.4. The molecule has 0 atom stereocenters. The van der Waals surface area contributed by atoms with E-state index in [-0.39, 0.29) is 12.1 Å². The normalized spacial score (nSPS) is 11.9. The van der Waals surface area contributed by atoms with Crippen molar-refractivity contribution in [3.8, 4) is 0 Å². The molecule has 1 rings (SSSR count). The Morgan fingerprint density at radius 1 is 1.47 bits per heavy atom. The fourth-order valence-electron chi connectivity index (χ4n) is 1.90. The zero-order valence-electron chi connectivity index (χ0n) is 11.4. The molecule has 6 heteroatoms. The monoisotopic (exact) mass is 270 g/mol. The van der Waals surface area contributed by atoms with Gasteiger partial charge in [-0.25, -0.2) is 0 Å². The van der Waals surface area contributed by atoms with Gasteiger partial charge < -0.3 is 5.11 Å². The van der Waals surface area contributed by atoms with E-state index in [1.165, 1.54) is 12.1 Å². The molecule has 0 aliphatic heterocycles. The summed E-state index contributed by atoms with van der Waals surface area (Å²) < 4.78 is 13.9. The number of nitro groups is 1. The molecule has 1 N–H and O–H groups in total. The maximum absolute atomic E-state index is 13.9. The maximum atomic E-state index is 13.9. The van der Waals surface area contributed by atoms with Crippen molar-refractivity contribution in [1.29, 1.82) is 0 Å². The molecule has 106 valence electrons. The van der Waals surface area contributed by atoms with Crippen LogP contribution in [0.1, 0.15) is 26.3 Å². The van der Waals surface area contributed by atoms with E-state index in [4.69, 9.17) is 0 Å². The molecule has 0 fully saturated rings. The van der Waals surface area contributed by atoms with E-state index in [2.05, 4.69) is 0 Å². The highest BCUT2D eigenvalue weighted by atomic mass is 19.1. The summed E-state index contributed by atoms with van der Waals surface area (Å²) in [7, 11) is 0. The summed E-state index contributed by atoms with van der Waals surface area (Å²) in [6.07, 6.45) is 0. The standard InChI is InChI=1S/C13H19FN2O3/c1-4-15(9-13(2,3)17)8-10-6-5-7-11(12(10)14)16(18)19/h5-7,17H,4,8-9H2,1-3H3. The molecule has 0 aliphatic rings. The van der Waals surface area contributed by atoms with Crippen LogP contribution in [0.4, 0.5) is 10.1 Å². The molecule has 0 spiro atoms. The van der Waals surface area contributed by atoms with E-state index in [9.17, 15) is 19.6 Å². The van der Waals surface area contributed by atoms with E-state index < -0.39 is 22.0 Å². The summed E-state index contributed by atoms with van der Waals surface area (Å²) in [6.45, 7) is 6.44. The number of hydrogen-bond acceptors (Lipinski definition) is 4. The van der Waals surface area contributed by atoms with Crippen molar-refractivity contribution in [2.75, 3.05) is 13.1 Å². The average Bonchev–Trinajstić information content (AvgIpc) is 2.28. The van der Waals surface area contributed by atoms with E-state index in [0.717, 1.165) is 6.07 Å². The Balaban J connectivity index is 2.92. The third-order valence-electron chi connectivity index (χ3n) is 2.71. The minimum Gasteiger partial charge on any atom is -0.389 e. The molecule has 19 heavy (non-hydrogen) atoms. The van der Waals surface area contributed by atoms with E-state index in [0.29, 0.717) is 13.1 Å². The Labute approximate surface area is 111 Å². The van der Waals surface area contributed by atoms with Crippen LogP contribution >= 0.6 is 0 Å². The molecule has 1 aromatic carbocycles. The molecule has 1 aromatic rings. The van der Waals surface area contributed by atoms with Crippen molar-refractivity contribution in [2.45, 2.75) is 32.9 Å². The van der Waals surface area contributed by atoms with Gasteiger partial charge in [0, 0.05) is 24.7 Å². The summed E-state index contributed by atoms with van der Waals surface area (Å²) in [5, 5.41) is 20.4. The SMILES string of the molecule is CCN(Cc1cccc([N+](=O)[O-])c1F)CC(C)(C)O. The molecule has 0 amide bonds. The lowest BCUT2D eigenvalue weighted by molar-refractivity contribution is -0.387. The molecule has 5 nitrogen and oxygen atoms in total. The molecule has 0 saturated carbocycles. The Hall–Kier alpha value is -1.53. The number of nitrogens with zero attached hydrogens (tertiary/aromatic N) is 2. The van der Waals surface area contributed by atoms with Crippen molar-refractivity contribution in [1.82, 2.24) is 4.90 Å². The van der Waals surface area contributed by atoms with Crippen molar-refractivity contribution in [3.63, 3.8) is 0 Å². The first-order valence-corrected chi connectivity index (χ1v) is 6.11. The Kier molecular flexibility index (Phi) is 4.97. The Morgan fingerprint density at radius 3 is 2.58 bits per heavy atom. The third-order valence-corrected chi connectivity index (χ3v) is 2.71. The minimum absolute atomic E-state index is 0.230. The number of aliphatic hydroxyl groups is 1. The van der Waals surface area contributed by atoms with E-state index in [1.54, 1.807) is 13.8 Å². The lowest BCUT2D eigenvalue weighted by atomic mass is 10.1. The number of likely N-dealkylation sites (N-methyl/N-ethyl adjacent to an activating group) is 1. The molecular formula is C13H19FN2O3. The number of nitro benzene ring substituents is 1. The first-order valence-electron chi connectivity index (χ1n) is 6.11. The molecule has 0 radical (unpaired) electrons. The molecule has 0 aliphatic carbocycles. The lowest BCUT2D eigenvalue weighted by Crippen LogP contribution is -2.38. The molecule has 0 saturated heterocycles. The predicted octanol–water partition coefficient (Wildman–Crippen LogP) is 2.33. The molecule has 0 aromatic heterocycles. The molecule has 0 unspecified atom stereocenters. The van der Waals surface area contributed by atoms with Gasteiger partial charge in [-0.2, -0.15) is 4.39 Å². The van der Waals surface area contributed by atoms with Gasteiger partial charge in [-0.05, 0) is 20.4 Å². The Bertz CT molecular complexity index is 458. The van der Waals surface area contributed by atoms with Gasteiger partial charge in [0.05, 0.1) is 10.5 Å². The van der Waals surface area contributed by atoms with Crippen LogP contribution in [-0.4, -0.2) is 33.6 Å². The van der Waals surface area contributed by atoms with Crippen LogP contribution in [0.2, 0.25) is 0 Å². The van der Waals surface area contributed by atoms with Crippen LogP contribution in [0.5, 0.6) is 0 Å². The van der Waals surface area contributed by atoms with E-state index >= 15 is 0 Å². The van der Waals surface area contributed by atoms with Crippen LogP contribution in [0, 0.1) is 15.9 Å². The van der Waals surface area contributed by atoms with Crippen LogP contribution in [0.25, 0.3) is 0 Å². The van der Waals surface area contributed by atoms with Crippen molar-refractivity contribution in [2.24, 2.45) is 0 Å². The number of rotatable bonds is 6. The second-order valence-corrected chi connectivity index (χ2v) is 5.12. The summed E-state index contributed by atoms with van der Waals surface area (Å²) in [5.41, 5.74) is -1.15. The first kappa shape index (κ1) is 15.5. The number of hydrogen-bond donors (Lipinski definition) is 1. The number of benzene rings is 1. The van der Waals surface area contributed by atoms with Gasteiger partial charge in [0.25, 0.3) is 0 Å². The van der Waals surface area contributed by atoms with Gasteiger partial charge in [-0.15, -0.1) is 0 Å². The Morgan fingerprint density at radius 2 is 2.11 bits per heavy atom. The largest absolute Gasteiger partial charge is 0.389 e. The fraction of sp³-hybridized carbons (Fsp3) is 0.538. The van der Waals surface area contributed by atoms with Gasteiger partial charge >= 0.3 is 5.69 Å². The number of halogens is 1. The molecular weight excluding hydrogens is 251 g/mol. The van der Waals surface area contributed by atoms with Crippen LogP contribution in [0.3, 0.4) is 0 Å². The van der Waals surface area contributed by atoms with Crippen molar-refractivity contribution in [3.05, 3.63) is 39.7 Å². The topological polar surface area (TPSA) is 66.6 Å². The van der Waals surface area contributed by atoms with Crippen molar-refractivity contribution >= 4 is 5.69 Å². The minimum atomic E-state index is -0.896. The van der Waals surface area contributed by atoms with Crippen LogP contribution in [-0.2, 0) is 6.54 Å². The van der Waals surface area contributed by atoms with Crippen LogP contribution < -0.4 is 0 Å². The smallest absolute Gasteiger partial charge is 0.305 e. The molecule has 0 heterocycles. The van der Waals surface area contributed by atoms with Gasteiger partial charge in [0.1, 0.15) is 0 Å². The first-order chi connectivity index (χ1) is 8.74. The predicted molar refractivity (Wildman–Crippen MR) is 70.3 cm³/mol. The highest BCUT2D eigenvalue weighted by Gasteiger charge is 2.21. The second-order valence-electron chi connectivity index (χ2n) is 5.12. The maximum Gasteiger partial charge on any atom is 0.305 e. The van der Waals surface area contributed by atoms with Gasteiger partial charge in [-0.3, -0.25) is 15.0 Å². The average molecular weight is 270 g/mol. The summed E-state index contributed by atoms with van der Waals surface area (Å²) in [6, 6.07) is 4.13. The van der Waals surface area contributed by atoms with Gasteiger partial charge in [0.2, 0.25) is 5.82 Å². The summed E-state index contributed by atoms with van der Waals surface area (Å²) >= 11 is 0.